The molecule has 7 aromatic rings. The van der Waals surface area contributed by atoms with Crippen LogP contribution in [0.5, 0.6) is 0 Å². The Morgan fingerprint density at radius 1 is 0.500 bits per heavy atom. The predicted octanol–water partition coefficient (Wildman–Crippen LogP) is 6.35. The molecule has 1 saturated heterocycles. The largest absolute Gasteiger partial charge is 0.422 e. The van der Waals surface area contributed by atoms with Crippen LogP contribution in [0.2, 0.25) is 6.04 Å². The minimum absolute atomic E-state index is 0.156. The first-order valence-electron chi connectivity index (χ1n) is 13.1. The molecule has 0 radical (unpaired) electrons. The second-order valence-electron chi connectivity index (χ2n) is 10.3. The van der Waals surface area contributed by atoms with Gasteiger partial charge in [-0.2, -0.15) is 0 Å². The molecule has 1 aliphatic rings. The van der Waals surface area contributed by atoms with Crippen molar-refractivity contribution in [3.05, 3.63) is 109 Å². The minimum atomic E-state index is -0.219. The van der Waals surface area contributed by atoms with Crippen LogP contribution in [0.1, 0.15) is 11.7 Å². The average molecular weight is 511 g/mol. The summed E-state index contributed by atoms with van der Waals surface area (Å²) in [5.74, 6) is 0. The number of hydrogen-bond donors (Lipinski definition) is 0. The molecule has 172 valence electrons. The molecule has 4 heteroatoms. The quantitative estimate of drug-likeness (QED) is 0.142. The number of fused-ring (bicyclic) bond motifs is 7. The summed E-state index contributed by atoms with van der Waals surface area (Å²) in [4.78, 5) is 0. The summed E-state index contributed by atoms with van der Waals surface area (Å²) in [6.07, 6.45) is 0.327. The maximum Gasteiger partial charge on any atom is 0.141 e. The van der Waals surface area contributed by atoms with Crippen LogP contribution in [0.3, 0.4) is 0 Å². The summed E-state index contributed by atoms with van der Waals surface area (Å²) >= 11 is 0. The van der Waals surface area contributed by atoms with E-state index in [2.05, 4.69) is 103 Å². The molecule has 1 aliphatic heterocycles. The summed E-state index contributed by atoms with van der Waals surface area (Å²) in [6, 6.07) is 40.3. The lowest BCUT2D eigenvalue weighted by Crippen LogP contribution is -2.27. The van der Waals surface area contributed by atoms with E-state index in [1.165, 1.54) is 76.2 Å². The van der Waals surface area contributed by atoms with E-state index in [1.807, 2.05) is 0 Å². The van der Waals surface area contributed by atoms with E-state index in [0.717, 1.165) is 0 Å². The maximum atomic E-state index is 6.58. The van der Waals surface area contributed by atoms with Gasteiger partial charge < -0.3 is 4.43 Å². The van der Waals surface area contributed by atoms with Crippen molar-refractivity contribution in [3.63, 3.8) is 0 Å². The number of hydrogen-bond acceptors (Lipinski definition) is 1. The lowest BCUT2D eigenvalue weighted by molar-refractivity contribution is 0.248. The van der Waals surface area contributed by atoms with E-state index >= 15 is 0 Å². The zero-order chi connectivity index (χ0) is 23.6. The van der Waals surface area contributed by atoms with Crippen LogP contribution in [-0.4, -0.2) is 26.9 Å². The first kappa shape index (κ1) is 20.9. The molecular weight excluding hydrogens is 485 g/mol. The lowest BCUT2D eigenvalue weighted by atomic mass is 9.90. The van der Waals surface area contributed by atoms with Gasteiger partial charge in [-0.1, -0.05) is 60.7 Å². The highest BCUT2D eigenvalue weighted by molar-refractivity contribution is 7.28. The van der Waals surface area contributed by atoms with Gasteiger partial charge in [0.2, 0.25) is 0 Å². The van der Waals surface area contributed by atoms with Gasteiger partial charge in [-0.3, -0.25) is 0 Å². The zero-order valence-corrected chi connectivity index (χ0v) is 24.4. The normalized spacial score (nSPS) is 18.6. The van der Waals surface area contributed by atoms with Gasteiger partial charge in [0.05, 0.1) is 6.10 Å². The Kier molecular flexibility index (Phi) is 4.70. The average Bonchev–Trinajstić information content (AvgIpc) is 2.93. The smallest absolute Gasteiger partial charge is 0.141 e. The van der Waals surface area contributed by atoms with Crippen LogP contribution in [0.15, 0.2) is 103 Å². The summed E-state index contributed by atoms with van der Waals surface area (Å²) in [6.45, 7) is 0. The highest BCUT2D eigenvalue weighted by atomic mass is 29.5. The van der Waals surface area contributed by atoms with Crippen LogP contribution in [0.25, 0.3) is 64.6 Å². The van der Waals surface area contributed by atoms with Gasteiger partial charge in [0.15, 0.2) is 0 Å². The van der Waals surface area contributed by atoms with Crippen molar-refractivity contribution in [1.29, 1.82) is 0 Å². The van der Waals surface area contributed by atoms with Crippen LogP contribution in [0, 0.1) is 0 Å². The Morgan fingerprint density at radius 3 is 1.81 bits per heavy atom. The fourth-order valence-electron chi connectivity index (χ4n) is 6.41. The lowest BCUT2D eigenvalue weighted by Gasteiger charge is -2.26. The van der Waals surface area contributed by atoms with E-state index in [-0.39, 0.29) is 26.9 Å². The molecule has 0 spiro atoms. The third-order valence-corrected chi connectivity index (χ3v) is 21.9. The van der Waals surface area contributed by atoms with Crippen molar-refractivity contribution in [2.45, 2.75) is 12.1 Å². The predicted molar refractivity (Wildman–Crippen MR) is 166 cm³/mol. The van der Waals surface area contributed by atoms with Crippen molar-refractivity contribution in [1.82, 2.24) is 0 Å². The molecule has 0 aliphatic carbocycles. The van der Waals surface area contributed by atoms with Crippen molar-refractivity contribution in [2.75, 3.05) is 0 Å². The third-order valence-electron chi connectivity index (χ3n) is 8.18. The topological polar surface area (TPSA) is 9.23 Å². The molecule has 7 aromatic carbocycles. The zero-order valence-electron chi connectivity index (χ0n) is 20.1. The molecule has 0 amide bonds. The van der Waals surface area contributed by atoms with Gasteiger partial charge in [0, 0.05) is 17.6 Å². The molecular formula is C32H26OSi3. The molecule has 1 nitrogen and oxygen atoms in total. The molecule has 1 unspecified atom stereocenters. The molecule has 1 heterocycles. The van der Waals surface area contributed by atoms with Crippen molar-refractivity contribution < 1.29 is 4.43 Å². The van der Waals surface area contributed by atoms with Gasteiger partial charge in [0.25, 0.3) is 0 Å². The molecule has 8 rings (SSSR count). The SMILES string of the molecule is c1ccc2cc3cc4c(ccc5cc6c(C7C[SiH2][SiH2][SiH2]O7)c7ccccc7cc6cc54)cc3cc2c1. The van der Waals surface area contributed by atoms with E-state index in [4.69, 9.17) is 4.43 Å². The Labute approximate surface area is 216 Å². The monoisotopic (exact) mass is 510 g/mol. The Hall–Kier alpha value is -3.29. The Balaban J connectivity index is 1.45. The van der Waals surface area contributed by atoms with Gasteiger partial charge in [-0.05, 0) is 119 Å². The highest BCUT2D eigenvalue weighted by Gasteiger charge is 2.22. The van der Waals surface area contributed by atoms with Crippen LogP contribution in [-0.2, 0) is 4.43 Å². The van der Waals surface area contributed by atoms with E-state index < -0.39 is 0 Å². The second kappa shape index (κ2) is 8.11. The number of rotatable bonds is 1. The number of benzene rings is 7. The van der Waals surface area contributed by atoms with Crippen molar-refractivity contribution in [2.24, 2.45) is 0 Å². The van der Waals surface area contributed by atoms with Crippen molar-refractivity contribution in [3.8, 4) is 0 Å². The van der Waals surface area contributed by atoms with Gasteiger partial charge in [-0.15, -0.1) is 0 Å². The van der Waals surface area contributed by atoms with Gasteiger partial charge >= 0.3 is 0 Å². The summed E-state index contributed by atoms with van der Waals surface area (Å²) in [7, 11) is 0.173. The highest BCUT2D eigenvalue weighted by Crippen LogP contribution is 2.40. The van der Waals surface area contributed by atoms with Gasteiger partial charge in [0.1, 0.15) is 9.28 Å². The minimum Gasteiger partial charge on any atom is -0.422 e. The summed E-state index contributed by atoms with van der Waals surface area (Å²) < 4.78 is 6.58. The van der Waals surface area contributed by atoms with E-state index in [1.54, 1.807) is 0 Å². The first-order valence-corrected chi connectivity index (χ1v) is 22.7. The van der Waals surface area contributed by atoms with E-state index in [9.17, 15) is 0 Å². The van der Waals surface area contributed by atoms with Crippen LogP contribution >= 0.6 is 0 Å². The van der Waals surface area contributed by atoms with Crippen LogP contribution in [0.4, 0.5) is 0 Å². The summed E-state index contributed by atoms with van der Waals surface area (Å²) in [5.41, 5.74) is 1.46. The van der Waals surface area contributed by atoms with Crippen LogP contribution < -0.4 is 0 Å². The van der Waals surface area contributed by atoms with Gasteiger partial charge in [-0.25, -0.2) is 0 Å². The fourth-order valence-corrected chi connectivity index (χ4v) is 18.7. The third kappa shape index (κ3) is 3.22. The second-order valence-corrected chi connectivity index (χ2v) is 24.9. The molecule has 1 atom stereocenters. The van der Waals surface area contributed by atoms with E-state index in [0.29, 0.717) is 6.10 Å². The maximum absolute atomic E-state index is 6.58. The molecule has 0 aromatic heterocycles. The summed E-state index contributed by atoms with van der Waals surface area (Å²) in [5, 5.41) is 16.0. The molecule has 0 bridgehead atoms. The fraction of sp³-hybridized carbons (Fsp3) is 0.0625. The standard InChI is InChI=1S/C32H26OSi3/c1-2-6-20-12-25-16-28-22(13-24(25)11-19(20)5-1)9-10-23-15-30-26(17-29(23)28)14-21-7-3-4-8-27(21)32(30)31-18-34-36-35-33-31/h1-17,31H,18,34-36H2. The Bertz CT molecular complexity index is 1990. The molecule has 0 saturated carbocycles. The van der Waals surface area contributed by atoms with Crippen molar-refractivity contribution >= 4 is 91.5 Å². The first-order chi connectivity index (χ1) is 17.8. The molecule has 1 fully saturated rings. The molecule has 36 heavy (non-hydrogen) atoms. The Morgan fingerprint density at radius 2 is 1.06 bits per heavy atom. The molecule has 0 N–H and O–H groups in total.